The van der Waals surface area contributed by atoms with Crippen molar-refractivity contribution in [3.63, 3.8) is 0 Å². The predicted octanol–water partition coefficient (Wildman–Crippen LogP) is 6.60. The van der Waals surface area contributed by atoms with Crippen molar-refractivity contribution in [2.24, 2.45) is 0 Å². The second kappa shape index (κ2) is 25.5. The second-order valence-corrected chi connectivity index (χ2v) is 9.26. The molecule has 0 heterocycles. The minimum atomic E-state index is -0.906. The van der Waals surface area contributed by atoms with Gasteiger partial charge in [0.15, 0.2) is 6.79 Å². The zero-order chi connectivity index (χ0) is 24.4. The molecule has 0 bridgehead atoms. The molecule has 0 aromatic rings. The van der Waals surface area contributed by atoms with Gasteiger partial charge in [0.05, 0.1) is 13.0 Å². The lowest BCUT2D eigenvalue weighted by Gasteiger charge is -2.14. The molecule has 196 valence electrons. The molecule has 0 rings (SSSR count). The van der Waals surface area contributed by atoms with Gasteiger partial charge in [-0.3, -0.25) is 9.59 Å². The summed E-state index contributed by atoms with van der Waals surface area (Å²) >= 11 is 0. The highest BCUT2D eigenvalue weighted by atomic mass is 16.6. The van der Waals surface area contributed by atoms with E-state index >= 15 is 0 Å². The first kappa shape index (κ1) is 31.9. The molecule has 0 aliphatic heterocycles. The fourth-order valence-electron chi connectivity index (χ4n) is 4.05. The SMILES string of the molecule is CCCCCCCCCCCCCCCCCCCCCC(=O)OC(CO)CC(=O)OCO. The largest absolute Gasteiger partial charge is 0.459 e. The summed E-state index contributed by atoms with van der Waals surface area (Å²) in [5, 5.41) is 17.7. The van der Waals surface area contributed by atoms with Gasteiger partial charge in [-0.05, 0) is 6.42 Å². The molecule has 6 heteroatoms. The molecular weight excluding hydrogens is 420 g/mol. The van der Waals surface area contributed by atoms with Crippen LogP contribution in [0.1, 0.15) is 142 Å². The van der Waals surface area contributed by atoms with Crippen molar-refractivity contribution in [2.45, 2.75) is 148 Å². The third-order valence-electron chi connectivity index (χ3n) is 6.11. The van der Waals surface area contributed by atoms with E-state index < -0.39 is 31.4 Å². The summed E-state index contributed by atoms with van der Waals surface area (Å²) < 4.78 is 9.46. The smallest absolute Gasteiger partial charge is 0.311 e. The molecule has 0 saturated heterocycles. The molecule has 0 aliphatic carbocycles. The Kier molecular flexibility index (Phi) is 24.6. The van der Waals surface area contributed by atoms with E-state index in [1.807, 2.05) is 0 Å². The first-order valence-corrected chi connectivity index (χ1v) is 13.7. The van der Waals surface area contributed by atoms with E-state index in [9.17, 15) is 14.7 Å². The third kappa shape index (κ3) is 23.8. The zero-order valence-corrected chi connectivity index (χ0v) is 21.4. The molecule has 33 heavy (non-hydrogen) atoms. The number of unbranched alkanes of at least 4 members (excludes halogenated alkanes) is 18. The number of ether oxygens (including phenoxy) is 2. The van der Waals surface area contributed by atoms with Gasteiger partial charge in [-0.1, -0.05) is 122 Å². The summed E-state index contributed by atoms with van der Waals surface area (Å²) in [6, 6.07) is 0. The van der Waals surface area contributed by atoms with Crippen LogP contribution in [0.15, 0.2) is 0 Å². The molecule has 0 amide bonds. The summed E-state index contributed by atoms with van der Waals surface area (Å²) in [6.07, 6.45) is 24.0. The number of rotatable bonds is 25. The average molecular weight is 473 g/mol. The van der Waals surface area contributed by atoms with Crippen LogP contribution in [-0.4, -0.2) is 41.7 Å². The van der Waals surface area contributed by atoms with Crippen molar-refractivity contribution in [1.82, 2.24) is 0 Å². The molecule has 0 spiro atoms. The second-order valence-electron chi connectivity index (χ2n) is 9.26. The van der Waals surface area contributed by atoms with E-state index in [-0.39, 0.29) is 6.42 Å². The van der Waals surface area contributed by atoms with Crippen LogP contribution in [0.4, 0.5) is 0 Å². The van der Waals surface area contributed by atoms with Crippen LogP contribution in [0.5, 0.6) is 0 Å². The van der Waals surface area contributed by atoms with E-state index in [1.54, 1.807) is 0 Å². The maximum absolute atomic E-state index is 11.8. The fraction of sp³-hybridized carbons (Fsp3) is 0.926. The maximum Gasteiger partial charge on any atom is 0.311 e. The van der Waals surface area contributed by atoms with Gasteiger partial charge >= 0.3 is 11.9 Å². The highest BCUT2D eigenvalue weighted by Gasteiger charge is 2.18. The number of carbonyl (C=O) groups is 2. The number of hydrogen-bond donors (Lipinski definition) is 2. The van der Waals surface area contributed by atoms with E-state index in [2.05, 4.69) is 11.7 Å². The van der Waals surface area contributed by atoms with E-state index in [0.717, 1.165) is 19.3 Å². The van der Waals surface area contributed by atoms with Crippen LogP contribution in [0, 0.1) is 0 Å². The highest BCUT2D eigenvalue weighted by molar-refractivity contribution is 5.72. The first-order chi connectivity index (χ1) is 16.1. The van der Waals surface area contributed by atoms with Gasteiger partial charge in [-0.2, -0.15) is 0 Å². The zero-order valence-electron chi connectivity index (χ0n) is 21.4. The van der Waals surface area contributed by atoms with Gasteiger partial charge in [-0.15, -0.1) is 0 Å². The Morgan fingerprint density at radius 3 is 1.36 bits per heavy atom. The van der Waals surface area contributed by atoms with E-state index in [4.69, 9.17) is 9.84 Å². The molecule has 0 fully saturated rings. The number of aliphatic hydroxyl groups is 2. The number of esters is 2. The van der Waals surface area contributed by atoms with Crippen molar-refractivity contribution in [3.8, 4) is 0 Å². The predicted molar refractivity (Wildman–Crippen MR) is 133 cm³/mol. The molecule has 0 radical (unpaired) electrons. The Morgan fingerprint density at radius 1 is 0.606 bits per heavy atom. The van der Waals surface area contributed by atoms with Crippen molar-refractivity contribution in [2.75, 3.05) is 13.4 Å². The minimum Gasteiger partial charge on any atom is -0.459 e. The number of hydrogen-bond acceptors (Lipinski definition) is 6. The molecule has 2 N–H and O–H groups in total. The molecule has 1 atom stereocenters. The minimum absolute atomic E-state index is 0.248. The molecular formula is C27H52O6. The molecule has 0 aliphatic rings. The van der Waals surface area contributed by atoms with Gasteiger partial charge in [0.1, 0.15) is 6.10 Å². The maximum atomic E-state index is 11.8. The molecule has 0 aromatic heterocycles. The number of carbonyl (C=O) groups excluding carboxylic acids is 2. The van der Waals surface area contributed by atoms with Gasteiger partial charge in [0, 0.05) is 6.42 Å². The third-order valence-corrected chi connectivity index (χ3v) is 6.11. The first-order valence-electron chi connectivity index (χ1n) is 13.7. The Bertz CT molecular complexity index is 440. The van der Waals surface area contributed by atoms with Gasteiger partial charge < -0.3 is 19.7 Å². The van der Waals surface area contributed by atoms with Crippen molar-refractivity contribution < 1.29 is 29.3 Å². The van der Waals surface area contributed by atoms with Gasteiger partial charge in [-0.25, -0.2) is 0 Å². The Morgan fingerprint density at radius 2 is 1.00 bits per heavy atom. The summed E-state index contributed by atoms with van der Waals surface area (Å²) in [7, 11) is 0. The lowest BCUT2D eigenvalue weighted by molar-refractivity contribution is -0.161. The van der Waals surface area contributed by atoms with Gasteiger partial charge in [0.2, 0.25) is 0 Å². The standard InChI is InChI=1S/C27H52O6/c1-2-3-4-5-6-7-8-9-10-11-12-13-14-15-16-17-18-19-20-21-26(30)33-25(23-28)22-27(31)32-24-29/h25,28-29H,2-24H2,1H3. The van der Waals surface area contributed by atoms with Crippen molar-refractivity contribution in [3.05, 3.63) is 0 Å². The van der Waals surface area contributed by atoms with Crippen molar-refractivity contribution >= 4 is 11.9 Å². The summed E-state index contributed by atoms with van der Waals surface area (Å²) in [5.41, 5.74) is 0. The van der Waals surface area contributed by atoms with Crippen LogP contribution >= 0.6 is 0 Å². The summed E-state index contributed by atoms with van der Waals surface area (Å²) in [4.78, 5) is 23.1. The van der Waals surface area contributed by atoms with E-state index in [0.29, 0.717) is 6.42 Å². The quantitative estimate of drug-likeness (QED) is 0.0884. The normalized spacial score (nSPS) is 12.0. The van der Waals surface area contributed by atoms with Crippen LogP contribution < -0.4 is 0 Å². The Hall–Kier alpha value is -1.14. The summed E-state index contributed by atoms with van der Waals surface area (Å²) in [6.45, 7) is 1.11. The molecule has 6 nitrogen and oxygen atoms in total. The highest BCUT2D eigenvalue weighted by Crippen LogP contribution is 2.15. The lowest BCUT2D eigenvalue weighted by atomic mass is 10.0. The van der Waals surface area contributed by atoms with Crippen molar-refractivity contribution in [1.29, 1.82) is 0 Å². The monoisotopic (exact) mass is 472 g/mol. The summed E-state index contributed by atoms with van der Waals surface area (Å²) in [5.74, 6) is -1.11. The van der Waals surface area contributed by atoms with E-state index in [1.165, 1.54) is 103 Å². The molecule has 0 aromatic carbocycles. The number of aliphatic hydroxyl groups excluding tert-OH is 2. The fourth-order valence-corrected chi connectivity index (χ4v) is 4.05. The average Bonchev–Trinajstić information content (AvgIpc) is 2.80. The van der Waals surface area contributed by atoms with Crippen LogP contribution in [0.25, 0.3) is 0 Å². The Labute approximate surface area is 202 Å². The van der Waals surface area contributed by atoms with Crippen LogP contribution in [0.2, 0.25) is 0 Å². The topological polar surface area (TPSA) is 93.1 Å². The molecule has 1 unspecified atom stereocenters. The molecule has 0 saturated carbocycles. The van der Waals surface area contributed by atoms with Crippen LogP contribution in [-0.2, 0) is 19.1 Å². The Balaban J connectivity index is 3.33. The van der Waals surface area contributed by atoms with Gasteiger partial charge in [0.25, 0.3) is 0 Å². The van der Waals surface area contributed by atoms with Crippen LogP contribution in [0.3, 0.4) is 0 Å². The lowest BCUT2D eigenvalue weighted by Crippen LogP contribution is -2.26.